The highest BCUT2D eigenvalue weighted by atomic mass is 79.9. The van der Waals surface area contributed by atoms with Gasteiger partial charge in [0.05, 0.1) is 6.10 Å². The minimum atomic E-state index is -0.286. The molecule has 1 fully saturated rings. The number of halogens is 1. The molecule has 0 saturated carbocycles. The molecule has 0 amide bonds. The molecule has 1 unspecified atom stereocenters. The SMILES string of the molecule is OC(c1sccc1Br)C1CCNCC1. The molecular formula is C10H14BrNOS. The van der Waals surface area contributed by atoms with Crippen molar-refractivity contribution in [1.29, 1.82) is 0 Å². The van der Waals surface area contributed by atoms with Crippen LogP contribution in [-0.4, -0.2) is 18.2 Å². The summed E-state index contributed by atoms with van der Waals surface area (Å²) in [6.45, 7) is 2.06. The maximum Gasteiger partial charge on any atom is 0.0922 e. The number of aliphatic hydroxyl groups excluding tert-OH is 1. The van der Waals surface area contributed by atoms with Crippen molar-refractivity contribution in [2.75, 3.05) is 13.1 Å². The second-order valence-corrected chi connectivity index (χ2v) is 5.47. The van der Waals surface area contributed by atoms with Gasteiger partial charge in [0.15, 0.2) is 0 Å². The van der Waals surface area contributed by atoms with Crippen molar-refractivity contribution in [1.82, 2.24) is 5.32 Å². The van der Waals surface area contributed by atoms with Gasteiger partial charge < -0.3 is 10.4 Å². The van der Waals surface area contributed by atoms with E-state index < -0.39 is 0 Å². The molecule has 4 heteroatoms. The fraction of sp³-hybridized carbons (Fsp3) is 0.600. The van der Waals surface area contributed by atoms with E-state index >= 15 is 0 Å². The van der Waals surface area contributed by atoms with Crippen LogP contribution in [0.5, 0.6) is 0 Å². The predicted molar refractivity (Wildman–Crippen MR) is 62.6 cm³/mol. The van der Waals surface area contributed by atoms with Gasteiger partial charge >= 0.3 is 0 Å². The summed E-state index contributed by atoms with van der Waals surface area (Å²) in [5.74, 6) is 0.422. The second-order valence-electron chi connectivity index (χ2n) is 3.67. The maximum atomic E-state index is 10.2. The zero-order valence-electron chi connectivity index (χ0n) is 7.87. The standard InChI is InChI=1S/C10H14BrNOS/c11-8-3-6-14-10(8)9(13)7-1-4-12-5-2-7/h3,6-7,9,12-13H,1-2,4-5H2. The minimum Gasteiger partial charge on any atom is -0.387 e. The van der Waals surface area contributed by atoms with Crippen LogP contribution in [0.3, 0.4) is 0 Å². The Labute approximate surface area is 96.5 Å². The maximum absolute atomic E-state index is 10.2. The van der Waals surface area contributed by atoms with E-state index in [0.29, 0.717) is 5.92 Å². The molecule has 1 saturated heterocycles. The number of hydrogen-bond acceptors (Lipinski definition) is 3. The zero-order valence-corrected chi connectivity index (χ0v) is 10.3. The fourth-order valence-corrected chi connectivity index (χ4v) is 3.58. The molecule has 2 nitrogen and oxygen atoms in total. The van der Waals surface area contributed by atoms with Crippen molar-refractivity contribution < 1.29 is 5.11 Å². The van der Waals surface area contributed by atoms with Crippen LogP contribution in [-0.2, 0) is 0 Å². The van der Waals surface area contributed by atoms with E-state index in [4.69, 9.17) is 0 Å². The Morgan fingerprint density at radius 3 is 2.79 bits per heavy atom. The Balaban J connectivity index is 2.07. The molecule has 1 atom stereocenters. The molecule has 2 rings (SSSR count). The molecule has 1 aromatic heterocycles. The first-order valence-corrected chi connectivity index (χ1v) is 6.58. The summed E-state index contributed by atoms with van der Waals surface area (Å²) >= 11 is 5.10. The molecule has 1 aliphatic rings. The second kappa shape index (κ2) is 4.75. The highest BCUT2D eigenvalue weighted by Gasteiger charge is 2.25. The van der Waals surface area contributed by atoms with Gasteiger partial charge in [-0.3, -0.25) is 0 Å². The van der Waals surface area contributed by atoms with E-state index in [0.717, 1.165) is 35.3 Å². The third-order valence-corrected chi connectivity index (χ3v) is 4.69. The van der Waals surface area contributed by atoms with Crippen molar-refractivity contribution >= 4 is 27.3 Å². The Kier molecular flexibility index (Phi) is 3.60. The summed E-state index contributed by atoms with van der Waals surface area (Å²) in [6, 6.07) is 2.00. The summed E-state index contributed by atoms with van der Waals surface area (Å²) in [4.78, 5) is 1.08. The number of hydrogen-bond donors (Lipinski definition) is 2. The Bertz CT molecular complexity index is 296. The average molecular weight is 276 g/mol. The number of piperidine rings is 1. The van der Waals surface area contributed by atoms with Crippen LogP contribution in [0.4, 0.5) is 0 Å². The van der Waals surface area contributed by atoms with Crippen molar-refractivity contribution in [3.05, 3.63) is 20.8 Å². The Morgan fingerprint density at radius 2 is 2.21 bits per heavy atom. The molecule has 1 aromatic rings. The topological polar surface area (TPSA) is 32.3 Å². The molecule has 1 aliphatic heterocycles. The first-order chi connectivity index (χ1) is 6.79. The molecular weight excluding hydrogens is 262 g/mol. The van der Waals surface area contributed by atoms with Crippen LogP contribution >= 0.6 is 27.3 Å². The number of aliphatic hydroxyl groups is 1. The third kappa shape index (κ3) is 2.19. The minimum absolute atomic E-state index is 0.286. The van der Waals surface area contributed by atoms with Crippen molar-refractivity contribution in [3.8, 4) is 0 Å². The van der Waals surface area contributed by atoms with E-state index in [1.165, 1.54) is 0 Å². The Morgan fingerprint density at radius 1 is 1.50 bits per heavy atom. The first-order valence-electron chi connectivity index (χ1n) is 4.90. The van der Waals surface area contributed by atoms with Gasteiger partial charge in [-0.2, -0.15) is 0 Å². The van der Waals surface area contributed by atoms with Gasteiger partial charge in [-0.1, -0.05) is 0 Å². The smallest absolute Gasteiger partial charge is 0.0922 e. The monoisotopic (exact) mass is 275 g/mol. The summed E-state index contributed by atoms with van der Waals surface area (Å²) in [7, 11) is 0. The highest BCUT2D eigenvalue weighted by molar-refractivity contribution is 9.10. The lowest BCUT2D eigenvalue weighted by molar-refractivity contribution is 0.0915. The molecule has 2 N–H and O–H groups in total. The van der Waals surface area contributed by atoms with Gasteiger partial charge in [0, 0.05) is 9.35 Å². The predicted octanol–water partition coefficient (Wildman–Crippen LogP) is 2.54. The van der Waals surface area contributed by atoms with Gasteiger partial charge in [-0.25, -0.2) is 0 Å². The van der Waals surface area contributed by atoms with E-state index in [1.54, 1.807) is 11.3 Å². The van der Waals surface area contributed by atoms with Crippen LogP contribution in [0.25, 0.3) is 0 Å². The molecule has 2 heterocycles. The van der Waals surface area contributed by atoms with Crippen LogP contribution in [0, 0.1) is 5.92 Å². The van der Waals surface area contributed by atoms with Crippen molar-refractivity contribution in [2.45, 2.75) is 18.9 Å². The quantitative estimate of drug-likeness (QED) is 0.870. The number of nitrogens with one attached hydrogen (secondary N) is 1. The lowest BCUT2D eigenvalue weighted by Gasteiger charge is -2.26. The van der Waals surface area contributed by atoms with E-state index in [-0.39, 0.29) is 6.10 Å². The van der Waals surface area contributed by atoms with Gasteiger partial charge in [0.25, 0.3) is 0 Å². The van der Waals surface area contributed by atoms with Crippen LogP contribution in [0.15, 0.2) is 15.9 Å². The average Bonchev–Trinajstić information content (AvgIpc) is 2.65. The van der Waals surface area contributed by atoms with Gasteiger partial charge in [-0.15, -0.1) is 11.3 Å². The van der Waals surface area contributed by atoms with E-state index in [2.05, 4.69) is 21.2 Å². The van der Waals surface area contributed by atoms with Crippen LogP contribution < -0.4 is 5.32 Å². The molecule has 14 heavy (non-hydrogen) atoms. The lowest BCUT2D eigenvalue weighted by Crippen LogP contribution is -2.30. The van der Waals surface area contributed by atoms with E-state index in [1.807, 2.05) is 11.4 Å². The third-order valence-electron chi connectivity index (χ3n) is 2.74. The highest BCUT2D eigenvalue weighted by Crippen LogP contribution is 2.36. The Hall–Kier alpha value is 0.1000. The molecule has 78 valence electrons. The largest absolute Gasteiger partial charge is 0.387 e. The van der Waals surface area contributed by atoms with E-state index in [9.17, 15) is 5.11 Å². The summed E-state index contributed by atoms with van der Waals surface area (Å²) in [5.41, 5.74) is 0. The van der Waals surface area contributed by atoms with Gasteiger partial charge in [-0.05, 0) is 59.2 Å². The molecule has 0 aromatic carbocycles. The van der Waals surface area contributed by atoms with Crippen molar-refractivity contribution in [2.24, 2.45) is 5.92 Å². The molecule has 0 aliphatic carbocycles. The number of rotatable bonds is 2. The normalized spacial score (nSPS) is 21.0. The lowest BCUT2D eigenvalue weighted by atomic mass is 9.91. The zero-order chi connectivity index (χ0) is 9.97. The van der Waals surface area contributed by atoms with Gasteiger partial charge in [0.1, 0.15) is 0 Å². The van der Waals surface area contributed by atoms with Crippen molar-refractivity contribution in [3.63, 3.8) is 0 Å². The molecule has 0 radical (unpaired) electrons. The summed E-state index contributed by atoms with van der Waals surface area (Å²) in [5, 5.41) is 15.5. The fourth-order valence-electron chi connectivity index (χ4n) is 1.89. The first kappa shape index (κ1) is 10.6. The van der Waals surface area contributed by atoms with Crippen LogP contribution in [0.2, 0.25) is 0 Å². The van der Waals surface area contributed by atoms with Crippen LogP contribution in [0.1, 0.15) is 23.8 Å². The van der Waals surface area contributed by atoms with Gasteiger partial charge in [0.2, 0.25) is 0 Å². The molecule has 0 bridgehead atoms. The molecule has 0 spiro atoms. The number of thiophene rings is 1. The summed E-state index contributed by atoms with van der Waals surface area (Å²) in [6.07, 6.45) is 1.86. The summed E-state index contributed by atoms with van der Waals surface area (Å²) < 4.78 is 1.05.